The molecule has 1 rings (SSSR count). The van der Waals surface area contributed by atoms with Crippen LogP contribution in [0.25, 0.3) is 0 Å². The molecule has 0 spiro atoms. The minimum Gasteiger partial charge on any atom is -0.381 e. The molecule has 0 unspecified atom stereocenters. The van der Waals surface area contributed by atoms with Crippen molar-refractivity contribution in [3.8, 4) is 0 Å². The number of nitrogens with one attached hydrogen (secondary N) is 1. The van der Waals surface area contributed by atoms with Gasteiger partial charge in [-0.3, -0.25) is 0 Å². The molecule has 15 heavy (non-hydrogen) atoms. The number of hydrogen-bond acceptors (Lipinski definition) is 2. The van der Waals surface area contributed by atoms with Crippen LogP contribution in [0.4, 0.5) is 18.9 Å². The number of benzene rings is 1. The lowest BCUT2D eigenvalue weighted by Gasteiger charge is -2.12. The minimum atomic E-state index is -1.18. The standard InChI is InChI=1S/C10H13F3N2/c1-15(2)4-3-14-9-6-7(11)5-8(12)10(9)13/h5-6,14H,3-4H2,1-2H3. The Balaban J connectivity index is 2.68. The van der Waals surface area contributed by atoms with Gasteiger partial charge in [0, 0.05) is 25.2 Å². The molecule has 0 aliphatic carbocycles. The third-order valence-electron chi connectivity index (χ3n) is 1.87. The van der Waals surface area contributed by atoms with Gasteiger partial charge in [0.2, 0.25) is 0 Å². The lowest BCUT2D eigenvalue weighted by atomic mass is 10.3. The molecule has 0 bridgehead atoms. The second-order valence-corrected chi connectivity index (χ2v) is 3.48. The summed E-state index contributed by atoms with van der Waals surface area (Å²) in [6, 6.07) is 1.46. The highest BCUT2D eigenvalue weighted by Crippen LogP contribution is 2.18. The van der Waals surface area contributed by atoms with E-state index >= 15 is 0 Å². The van der Waals surface area contributed by atoms with Crippen LogP contribution in [-0.4, -0.2) is 32.1 Å². The van der Waals surface area contributed by atoms with Crippen LogP contribution in [0, 0.1) is 17.5 Å². The summed E-state index contributed by atoms with van der Waals surface area (Å²) in [5, 5.41) is 2.63. The van der Waals surface area contributed by atoms with Gasteiger partial charge in [-0.25, -0.2) is 13.2 Å². The van der Waals surface area contributed by atoms with Gasteiger partial charge in [0.05, 0.1) is 5.69 Å². The topological polar surface area (TPSA) is 15.3 Å². The van der Waals surface area contributed by atoms with Gasteiger partial charge in [-0.1, -0.05) is 0 Å². The lowest BCUT2D eigenvalue weighted by molar-refractivity contribution is 0.424. The first kappa shape index (κ1) is 11.8. The smallest absolute Gasteiger partial charge is 0.182 e. The maximum absolute atomic E-state index is 13.1. The van der Waals surface area contributed by atoms with Crippen molar-refractivity contribution in [3.63, 3.8) is 0 Å². The number of rotatable bonds is 4. The van der Waals surface area contributed by atoms with E-state index in [4.69, 9.17) is 0 Å². The molecule has 84 valence electrons. The van der Waals surface area contributed by atoms with Crippen LogP contribution < -0.4 is 5.32 Å². The van der Waals surface area contributed by atoms with E-state index in [2.05, 4.69) is 5.32 Å². The normalized spacial score (nSPS) is 10.8. The zero-order valence-corrected chi connectivity index (χ0v) is 8.65. The number of halogens is 3. The van der Waals surface area contributed by atoms with Crippen molar-refractivity contribution in [2.75, 3.05) is 32.5 Å². The molecule has 1 N–H and O–H groups in total. The van der Waals surface area contributed by atoms with Crippen molar-refractivity contribution in [2.24, 2.45) is 0 Å². The van der Waals surface area contributed by atoms with Crippen molar-refractivity contribution in [1.29, 1.82) is 0 Å². The molecule has 0 aromatic heterocycles. The van der Waals surface area contributed by atoms with Crippen LogP contribution in [0.15, 0.2) is 12.1 Å². The molecule has 1 aromatic carbocycles. The molecule has 0 saturated heterocycles. The summed E-state index contributed by atoms with van der Waals surface area (Å²) in [5.41, 5.74) is -0.144. The highest BCUT2D eigenvalue weighted by molar-refractivity contribution is 5.45. The van der Waals surface area contributed by atoms with E-state index in [0.717, 1.165) is 6.07 Å². The summed E-state index contributed by atoms with van der Waals surface area (Å²) in [4.78, 5) is 1.88. The molecule has 0 amide bonds. The SMILES string of the molecule is CN(C)CCNc1cc(F)cc(F)c1F. The quantitative estimate of drug-likeness (QED) is 0.778. The predicted octanol–water partition coefficient (Wildman–Crippen LogP) is 2.08. The predicted molar refractivity (Wildman–Crippen MR) is 53.4 cm³/mol. The van der Waals surface area contributed by atoms with E-state index in [1.165, 1.54) is 0 Å². The summed E-state index contributed by atoms with van der Waals surface area (Å²) < 4.78 is 38.6. The Bertz CT molecular complexity index is 340. The molecular formula is C10H13F3N2. The Hall–Kier alpha value is -1.23. The average molecular weight is 218 g/mol. The third-order valence-corrected chi connectivity index (χ3v) is 1.87. The summed E-state index contributed by atoms with van der Waals surface area (Å²) in [6.07, 6.45) is 0. The number of hydrogen-bond donors (Lipinski definition) is 1. The van der Waals surface area contributed by atoms with E-state index in [1.807, 2.05) is 19.0 Å². The third kappa shape index (κ3) is 3.43. The van der Waals surface area contributed by atoms with Crippen LogP contribution in [0.5, 0.6) is 0 Å². The molecule has 0 heterocycles. The second kappa shape index (κ2) is 5.02. The van der Waals surface area contributed by atoms with E-state index in [-0.39, 0.29) is 5.69 Å². The van der Waals surface area contributed by atoms with Gasteiger partial charge < -0.3 is 10.2 Å². The van der Waals surface area contributed by atoms with Crippen molar-refractivity contribution >= 4 is 5.69 Å². The molecule has 0 aliphatic rings. The maximum atomic E-state index is 13.1. The number of nitrogens with zero attached hydrogens (tertiary/aromatic N) is 1. The fourth-order valence-corrected chi connectivity index (χ4v) is 1.10. The molecule has 0 radical (unpaired) electrons. The molecule has 0 saturated carbocycles. The van der Waals surface area contributed by atoms with E-state index in [0.29, 0.717) is 19.2 Å². The summed E-state index contributed by atoms with van der Waals surface area (Å²) >= 11 is 0. The molecule has 5 heteroatoms. The van der Waals surface area contributed by atoms with Crippen LogP contribution in [0.1, 0.15) is 0 Å². The Morgan fingerprint density at radius 1 is 1.20 bits per heavy atom. The van der Waals surface area contributed by atoms with Crippen molar-refractivity contribution in [2.45, 2.75) is 0 Å². The highest BCUT2D eigenvalue weighted by Gasteiger charge is 2.10. The first-order valence-corrected chi connectivity index (χ1v) is 4.54. The highest BCUT2D eigenvalue weighted by atomic mass is 19.2. The molecule has 0 fully saturated rings. The number of anilines is 1. The largest absolute Gasteiger partial charge is 0.381 e. The van der Waals surface area contributed by atoms with Gasteiger partial charge in [0.1, 0.15) is 5.82 Å². The summed E-state index contributed by atoms with van der Waals surface area (Å²) in [6.45, 7) is 1.07. The Morgan fingerprint density at radius 3 is 2.47 bits per heavy atom. The Labute approximate surface area is 86.7 Å². The van der Waals surface area contributed by atoms with Crippen molar-refractivity contribution in [3.05, 3.63) is 29.6 Å². The van der Waals surface area contributed by atoms with Crippen LogP contribution in [0.2, 0.25) is 0 Å². The van der Waals surface area contributed by atoms with E-state index in [9.17, 15) is 13.2 Å². The van der Waals surface area contributed by atoms with Crippen molar-refractivity contribution in [1.82, 2.24) is 4.90 Å². The van der Waals surface area contributed by atoms with Gasteiger partial charge in [-0.15, -0.1) is 0 Å². The summed E-state index contributed by atoms with van der Waals surface area (Å²) in [7, 11) is 3.70. The van der Waals surface area contributed by atoms with Gasteiger partial charge in [0.15, 0.2) is 11.6 Å². The monoisotopic (exact) mass is 218 g/mol. The van der Waals surface area contributed by atoms with Gasteiger partial charge in [-0.05, 0) is 14.1 Å². The zero-order chi connectivity index (χ0) is 11.4. The minimum absolute atomic E-state index is 0.144. The first-order chi connectivity index (χ1) is 7.00. The lowest BCUT2D eigenvalue weighted by Crippen LogP contribution is -2.21. The molecule has 1 aromatic rings. The van der Waals surface area contributed by atoms with Crippen molar-refractivity contribution < 1.29 is 13.2 Å². The number of likely N-dealkylation sites (N-methyl/N-ethyl adjacent to an activating group) is 1. The Morgan fingerprint density at radius 2 is 1.87 bits per heavy atom. The van der Waals surface area contributed by atoms with Crippen LogP contribution >= 0.6 is 0 Å². The summed E-state index contributed by atoms with van der Waals surface area (Å²) in [5.74, 6) is -3.02. The molecular weight excluding hydrogens is 205 g/mol. The maximum Gasteiger partial charge on any atom is 0.182 e. The molecule has 2 nitrogen and oxygen atoms in total. The first-order valence-electron chi connectivity index (χ1n) is 4.54. The van der Waals surface area contributed by atoms with Gasteiger partial charge in [-0.2, -0.15) is 0 Å². The average Bonchev–Trinajstić information content (AvgIpc) is 2.12. The Kier molecular flexibility index (Phi) is 3.96. The van der Waals surface area contributed by atoms with E-state index < -0.39 is 17.5 Å². The molecule has 0 atom stereocenters. The van der Waals surface area contributed by atoms with Gasteiger partial charge in [0.25, 0.3) is 0 Å². The van der Waals surface area contributed by atoms with E-state index in [1.54, 1.807) is 0 Å². The molecule has 0 aliphatic heterocycles. The van der Waals surface area contributed by atoms with Gasteiger partial charge >= 0.3 is 0 Å². The van der Waals surface area contributed by atoms with Crippen LogP contribution in [-0.2, 0) is 0 Å². The fourth-order valence-electron chi connectivity index (χ4n) is 1.10. The van der Waals surface area contributed by atoms with Crippen LogP contribution in [0.3, 0.4) is 0 Å². The fraction of sp³-hybridized carbons (Fsp3) is 0.400. The zero-order valence-electron chi connectivity index (χ0n) is 8.65. The second-order valence-electron chi connectivity index (χ2n) is 3.48.